The zero-order chi connectivity index (χ0) is 19.7. The van der Waals surface area contributed by atoms with E-state index in [1.165, 1.54) is 4.90 Å². The average Bonchev–Trinajstić information content (AvgIpc) is 3.38. The monoisotopic (exact) mass is 419 g/mol. The molecular weight excluding hydrogens is 401 g/mol. The van der Waals surface area contributed by atoms with Crippen molar-refractivity contribution < 1.29 is 14.3 Å². The van der Waals surface area contributed by atoms with Crippen molar-refractivity contribution in [1.29, 1.82) is 0 Å². The van der Waals surface area contributed by atoms with Gasteiger partial charge in [0.2, 0.25) is 11.8 Å². The van der Waals surface area contributed by atoms with Crippen molar-refractivity contribution >= 4 is 40.7 Å². The van der Waals surface area contributed by atoms with E-state index in [0.717, 1.165) is 24.1 Å². The number of imide groups is 1. The van der Waals surface area contributed by atoms with Gasteiger partial charge in [-0.25, -0.2) is 4.90 Å². The molecule has 6 nitrogen and oxygen atoms in total. The zero-order valence-corrected chi connectivity index (χ0v) is 17.0. The summed E-state index contributed by atoms with van der Waals surface area (Å²) in [7, 11) is 0. The number of benzene rings is 1. The van der Waals surface area contributed by atoms with E-state index >= 15 is 0 Å². The predicted molar refractivity (Wildman–Crippen MR) is 105 cm³/mol. The lowest BCUT2D eigenvalue weighted by Crippen LogP contribution is -2.35. The van der Waals surface area contributed by atoms with Crippen LogP contribution >= 0.6 is 23.2 Å². The molecule has 2 bridgehead atoms. The normalized spacial score (nSPS) is 28.5. The Bertz CT molecular complexity index is 970. The minimum absolute atomic E-state index is 0.131. The van der Waals surface area contributed by atoms with Gasteiger partial charge in [-0.15, -0.1) is 0 Å². The van der Waals surface area contributed by atoms with Crippen molar-refractivity contribution in [2.45, 2.75) is 45.4 Å². The number of hydrogen-bond donors (Lipinski definition) is 0. The highest BCUT2D eigenvalue weighted by Gasteiger charge is 2.63. The first-order valence-corrected chi connectivity index (χ1v) is 10.1. The summed E-state index contributed by atoms with van der Waals surface area (Å²) in [4.78, 5) is 27.6. The van der Waals surface area contributed by atoms with Crippen LogP contribution in [0, 0.1) is 25.7 Å². The highest BCUT2D eigenvalue weighted by Crippen LogP contribution is 2.50. The van der Waals surface area contributed by atoms with Gasteiger partial charge in [0.05, 0.1) is 47.7 Å². The van der Waals surface area contributed by atoms with E-state index in [1.807, 2.05) is 13.8 Å². The lowest BCUT2D eigenvalue weighted by molar-refractivity contribution is -0.124. The lowest BCUT2D eigenvalue weighted by Gasteiger charge is -2.18. The van der Waals surface area contributed by atoms with Crippen LogP contribution in [0.5, 0.6) is 0 Å². The van der Waals surface area contributed by atoms with Crippen molar-refractivity contribution in [3.05, 3.63) is 45.2 Å². The van der Waals surface area contributed by atoms with E-state index in [4.69, 9.17) is 27.9 Å². The van der Waals surface area contributed by atoms with E-state index in [9.17, 15) is 9.59 Å². The second-order valence-electron chi connectivity index (χ2n) is 7.73. The molecule has 4 heterocycles. The summed E-state index contributed by atoms with van der Waals surface area (Å²) in [6.07, 6.45) is 1.44. The first-order valence-electron chi connectivity index (χ1n) is 9.38. The second kappa shape index (κ2) is 6.31. The van der Waals surface area contributed by atoms with Crippen LogP contribution in [0.2, 0.25) is 10.0 Å². The quantitative estimate of drug-likeness (QED) is 0.713. The van der Waals surface area contributed by atoms with Crippen molar-refractivity contribution in [1.82, 2.24) is 9.78 Å². The molecule has 3 aliphatic heterocycles. The summed E-state index contributed by atoms with van der Waals surface area (Å²) in [5.41, 5.74) is 2.70. The average molecular weight is 420 g/mol. The molecule has 0 radical (unpaired) electrons. The number of rotatable bonds is 3. The van der Waals surface area contributed by atoms with Crippen molar-refractivity contribution in [2.75, 3.05) is 4.90 Å². The number of carbonyl (C=O) groups is 2. The summed E-state index contributed by atoms with van der Waals surface area (Å²) >= 11 is 12.6. The number of aryl methyl sites for hydroxylation is 1. The molecule has 3 saturated heterocycles. The molecular formula is C20H19Cl2N3O3. The first kappa shape index (κ1) is 18.2. The maximum absolute atomic E-state index is 13.1. The van der Waals surface area contributed by atoms with E-state index < -0.39 is 0 Å². The molecule has 28 heavy (non-hydrogen) atoms. The fourth-order valence-electron chi connectivity index (χ4n) is 4.93. The highest BCUT2D eigenvalue weighted by molar-refractivity contribution is 6.36. The van der Waals surface area contributed by atoms with Gasteiger partial charge in [-0.1, -0.05) is 29.3 Å². The van der Waals surface area contributed by atoms with Crippen LogP contribution in [-0.4, -0.2) is 33.8 Å². The Morgan fingerprint density at radius 2 is 1.64 bits per heavy atom. The summed E-state index contributed by atoms with van der Waals surface area (Å²) in [5.74, 6) is -1.04. The zero-order valence-electron chi connectivity index (χ0n) is 15.5. The van der Waals surface area contributed by atoms with Crippen LogP contribution in [0.15, 0.2) is 18.2 Å². The molecule has 4 atom stereocenters. The lowest BCUT2D eigenvalue weighted by atomic mass is 9.81. The molecule has 8 heteroatoms. The number of hydrogen-bond acceptors (Lipinski definition) is 4. The molecule has 2 aromatic rings. The predicted octanol–water partition coefficient (Wildman–Crippen LogP) is 3.52. The summed E-state index contributed by atoms with van der Waals surface area (Å²) in [5, 5.41) is 5.68. The minimum atomic E-state index is -0.355. The van der Waals surface area contributed by atoms with Crippen LogP contribution in [0.1, 0.15) is 29.8 Å². The summed E-state index contributed by atoms with van der Waals surface area (Å²) < 4.78 is 7.56. The third-order valence-corrected chi connectivity index (χ3v) is 6.93. The van der Waals surface area contributed by atoms with E-state index in [0.29, 0.717) is 28.0 Å². The fraction of sp³-hybridized carbons (Fsp3) is 0.450. The summed E-state index contributed by atoms with van der Waals surface area (Å²) in [6, 6.07) is 5.34. The van der Waals surface area contributed by atoms with Gasteiger partial charge in [0.25, 0.3) is 0 Å². The number of aromatic nitrogens is 2. The Kier molecular flexibility index (Phi) is 4.09. The Balaban J connectivity index is 1.52. The number of carbonyl (C=O) groups excluding carboxylic acids is 2. The van der Waals surface area contributed by atoms with Crippen LogP contribution < -0.4 is 4.90 Å². The standard InChI is InChI=1S/C20H19Cl2N3O3/c1-9-18(10(2)24(23-9)8-11-12(21)4-3-5-13(11)22)25-19(26)16-14-6-7-15(28-14)17(16)20(25)27/h3-5,14-17H,6-8H2,1-2H3/t14-,15+,16-,17+. The molecule has 1 aromatic heterocycles. The Morgan fingerprint density at radius 1 is 1.07 bits per heavy atom. The second-order valence-corrected chi connectivity index (χ2v) is 8.55. The molecule has 0 aliphatic carbocycles. The minimum Gasteiger partial charge on any atom is -0.373 e. The maximum atomic E-state index is 13.1. The molecule has 0 unspecified atom stereocenters. The van der Waals surface area contributed by atoms with Gasteiger partial charge in [0, 0.05) is 15.6 Å². The van der Waals surface area contributed by atoms with Gasteiger partial charge in [-0.2, -0.15) is 5.10 Å². The first-order chi connectivity index (χ1) is 13.4. The maximum Gasteiger partial charge on any atom is 0.240 e. The fourth-order valence-corrected chi connectivity index (χ4v) is 5.45. The molecule has 5 rings (SSSR count). The van der Waals surface area contributed by atoms with Crippen molar-refractivity contribution in [2.24, 2.45) is 11.8 Å². The van der Waals surface area contributed by atoms with Crippen molar-refractivity contribution in [3.63, 3.8) is 0 Å². The number of halogens is 2. The van der Waals surface area contributed by atoms with E-state index in [2.05, 4.69) is 5.10 Å². The third kappa shape index (κ3) is 2.41. The molecule has 146 valence electrons. The van der Waals surface area contributed by atoms with Gasteiger partial charge < -0.3 is 4.74 Å². The number of anilines is 1. The van der Waals surface area contributed by atoms with Gasteiger partial charge in [-0.05, 0) is 38.8 Å². The smallest absolute Gasteiger partial charge is 0.240 e. The van der Waals surface area contributed by atoms with Crippen molar-refractivity contribution in [3.8, 4) is 0 Å². The molecule has 3 aliphatic rings. The van der Waals surface area contributed by atoms with Gasteiger partial charge in [0.15, 0.2) is 0 Å². The van der Waals surface area contributed by atoms with Gasteiger partial charge in [-0.3, -0.25) is 14.3 Å². The number of nitrogens with zero attached hydrogens (tertiary/aromatic N) is 3. The van der Waals surface area contributed by atoms with E-state index in [1.54, 1.807) is 22.9 Å². The van der Waals surface area contributed by atoms with E-state index in [-0.39, 0.29) is 35.9 Å². The largest absolute Gasteiger partial charge is 0.373 e. The molecule has 3 fully saturated rings. The van der Waals surface area contributed by atoms with Crippen LogP contribution in [0.3, 0.4) is 0 Å². The van der Waals surface area contributed by atoms with Gasteiger partial charge in [0.1, 0.15) is 0 Å². The number of amides is 2. The molecule has 0 spiro atoms. The number of ether oxygens (including phenoxy) is 1. The van der Waals surface area contributed by atoms with Gasteiger partial charge >= 0.3 is 0 Å². The Labute approximate surface area is 172 Å². The molecule has 0 saturated carbocycles. The highest BCUT2D eigenvalue weighted by atomic mass is 35.5. The SMILES string of the molecule is Cc1nn(Cc2c(Cl)cccc2Cl)c(C)c1N1C(=O)[C@@H]2[C@H](C1=O)[C@H]1CC[C@@H]2O1. The third-order valence-electron chi connectivity index (χ3n) is 6.22. The molecule has 1 aromatic carbocycles. The summed E-state index contributed by atoms with van der Waals surface area (Å²) in [6.45, 7) is 4.04. The topological polar surface area (TPSA) is 64.4 Å². The van der Waals surface area contributed by atoms with Crippen LogP contribution in [0.4, 0.5) is 5.69 Å². The number of fused-ring (bicyclic) bond motifs is 5. The van der Waals surface area contributed by atoms with Crippen LogP contribution in [0.25, 0.3) is 0 Å². The Morgan fingerprint density at radius 3 is 2.21 bits per heavy atom. The Hall–Kier alpha value is -1.89. The molecule has 2 amide bonds. The van der Waals surface area contributed by atoms with Crippen LogP contribution in [-0.2, 0) is 20.9 Å². The molecule has 0 N–H and O–H groups in total.